The van der Waals surface area contributed by atoms with Gasteiger partial charge in [-0.25, -0.2) is 4.39 Å². The number of amides is 1. The zero-order valence-corrected chi connectivity index (χ0v) is 12.8. The van der Waals surface area contributed by atoms with Crippen LogP contribution >= 0.6 is 0 Å². The van der Waals surface area contributed by atoms with Gasteiger partial charge in [0.15, 0.2) is 0 Å². The molecule has 23 heavy (non-hydrogen) atoms. The lowest BCUT2D eigenvalue weighted by Crippen LogP contribution is -2.51. The molecule has 2 aliphatic heterocycles. The average molecular weight is 311 g/mol. The minimum atomic E-state index is -0.706. The van der Waals surface area contributed by atoms with E-state index in [2.05, 4.69) is 4.98 Å². The molecule has 0 atom stereocenters. The molecule has 5 heteroatoms. The number of halogens is 1. The highest BCUT2D eigenvalue weighted by molar-refractivity contribution is 6.01. The van der Waals surface area contributed by atoms with Crippen molar-refractivity contribution in [2.24, 2.45) is 0 Å². The molecule has 118 valence electrons. The number of benzene rings is 1. The summed E-state index contributed by atoms with van der Waals surface area (Å²) in [5, 5.41) is 0. The largest absolute Gasteiger partial charge is 0.309 e. The Balaban J connectivity index is 1.55. The Kier molecular flexibility index (Phi) is 3.58. The van der Waals surface area contributed by atoms with Crippen LogP contribution < -0.4 is 4.90 Å². The van der Waals surface area contributed by atoms with E-state index in [4.69, 9.17) is 0 Å². The second-order valence-electron chi connectivity index (χ2n) is 6.13. The number of alkyl halides is 1. The Bertz CT molecular complexity index is 728. The van der Waals surface area contributed by atoms with E-state index >= 15 is 0 Å². The number of hydrogen-bond donors (Lipinski definition) is 0. The highest BCUT2D eigenvalue weighted by Gasteiger charge is 2.31. The Morgan fingerprint density at radius 1 is 1.13 bits per heavy atom. The number of rotatable bonds is 4. The predicted molar refractivity (Wildman–Crippen MR) is 87.1 cm³/mol. The summed E-state index contributed by atoms with van der Waals surface area (Å²) in [4.78, 5) is 20.6. The molecular formula is C18H18FN3O. The minimum Gasteiger partial charge on any atom is -0.309 e. The van der Waals surface area contributed by atoms with Gasteiger partial charge in [0.05, 0.1) is 17.8 Å². The number of aromatic nitrogens is 1. The van der Waals surface area contributed by atoms with E-state index in [-0.39, 0.29) is 5.91 Å². The predicted octanol–water partition coefficient (Wildman–Crippen LogP) is 2.29. The number of pyridine rings is 1. The fourth-order valence-electron chi connectivity index (χ4n) is 3.19. The smallest absolute Gasteiger partial charge is 0.233 e. The Morgan fingerprint density at radius 2 is 1.91 bits per heavy atom. The SMILES string of the molecule is O=C1Cc2ncc(-c3ccccc3)cc2N1CCN1CC(F)C1. The molecule has 0 aliphatic carbocycles. The summed E-state index contributed by atoms with van der Waals surface area (Å²) in [5.74, 6) is 0.0787. The summed E-state index contributed by atoms with van der Waals surface area (Å²) >= 11 is 0. The van der Waals surface area contributed by atoms with Gasteiger partial charge in [0.2, 0.25) is 5.91 Å². The summed E-state index contributed by atoms with van der Waals surface area (Å²) < 4.78 is 12.9. The summed E-state index contributed by atoms with van der Waals surface area (Å²) in [6.45, 7) is 2.27. The van der Waals surface area contributed by atoms with Gasteiger partial charge in [-0.3, -0.25) is 14.7 Å². The second kappa shape index (κ2) is 5.74. The summed E-state index contributed by atoms with van der Waals surface area (Å²) in [5.41, 5.74) is 3.83. The fourth-order valence-corrected chi connectivity index (χ4v) is 3.19. The molecule has 0 unspecified atom stereocenters. The molecular weight excluding hydrogens is 293 g/mol. The van der Waals surface area contributed by atoms with Crippen LogP contribution in [0.1, 0.15) is 5.69 Å². The molecule has 0 bridgehead atoms. The summed E-state index contributed by atoms with van der Waals surface area (Å²) in [6, 6.07) is 12.1. The van der Waals surface area contributed by atoms with Gasteiger partial charge in [-0.05, 0) is 11.6 Å². The number of nitrogens with zero attached hydrogens (tertiary/aromatic N) is 3. The van der Waals surface area contributed by atoms with Gasteiger partial charge >= 0.3 is 0 Å². The maximum atomic E-state index is 12.9. The zero-order chi connectivity index (χ0) is 15.8. The number of anilines is 1. The first-order valence-electron chi connectivity index (χ1n) is 7.92. The highest BCUT2D eigenvalue weighted by Crippen LogP contribution is 2.31. The van der Waals surface area contributed by atoms with Crippen molar-refractivity contribution in [1.82, 2.24) is 9.88 Å². The minimum absolute atomic E-state index is 0.0787. The van der Waals surface area contributed by atoms with Crippen LogP contribution in [0.3, 0.4) is 0 Å². The van der Waals surface area contributed by atoms with E-state index in [1.165, 1.54) is 0 Å². The first-order valence-corrected chi connectivity index (χ1v) is 7.92. The van der Waals surface area contributed by atoms with E-state index in [0.717, 1.165) is 22.5 Å². The molecule has 1 amide bonds. The second-order valence-corrected chi connectivity index (χ2v) is 6.13. The van der Waals surface area contributed by atoms with Crippen LogP contribution in [-0.4, -0.2) is 48.1 Å². The van der Waals surface area contributed by atoms with Crippen LogP contribution in [-0.2, 0) is 11.2 Å². The molecule has 0 saturated carbocycles. The molecule has 3 heterocycles. The lowest BCUT2D eigenvalue weighted by atomic mass is 10.1. The van der Waals surface area contributed by atoms with Gasteiger partial charge in [0.1, 0.15) is 6.17 Å². The first kappa shape index (κ1) is 14.3. The van der Waals surface area contributed by atoms with Gasteiger partial charge in [0.25, 0.3) is 0 Å². The fraction of sp³-hybridized carbons (Fsp3) is 0.333. The number of likely N-dealkylation sites (tertiary alicyclic amines) is 1. The molecule has 0 radical (unpaired) electrons. The van der Waals surface area contributed by atoms with E-state index in [1.807, 2.05) is 47.5 Å². The molecule has 1 aromatic heterocycles. The van der Waals surface area contributed by atoms with Gasteiger partial charge < -0.3 is 4.90 Å². The van der Waals surface area contributed by atoms with Crippen LogP contribution in [0.5, 0.6) is 0 Å². The number of fused-ring (bicyclic) bond motifs is 1. The maximum Gasteiger partial charge on any atom is 0.233 e. The van der Waals surface area contributed by atoms with E-state index in [0.29, 0.717) is 32.6 Å². The number of hydrogen-bond acceptors (Lipinski definition) is 3. The molecule has 2 aromatic rings. The van der Waals surface area contributed by atoms with E-state index in [9.17, 15) is 9.18 Å². The molecule has 0 N–H and O–H groups in total. The van der Waals surface area contributed by atoms with Crippen molar-refractivity contribution in [3.8, 4) is 11.1 Å². The van der Waals surface area contributed by atoms with Crippen LogP contribution in [0.2, 0.25) is 0 Å². The van der Waals surface area contributed by atoms with Gasteiger partial charge in [-0.15, -0.1) is 0 Å². The van der Waals surface area contributed by atoms with Gasteiger partial charge in [0, 0.05) is 37.9 Å². The highest BCUT2D eigenvalue weighted by atomic mass is 19.1. The molecule has 1 saturated heterocycles. The third-order valence-corrected chi connectivity index (χ3v) is 4.52. The quantitative estimate of drug-likeness (QED) is 0.869. The van der Waals surface area contributed by atoms with E-state index < -0.39 is 6.17 Å². The van der Waals surface area contributed by atoms with Crippen molar-refractivity contribution in [2.45, 2.75) is 12.6 Å². The Hall–Kier alpha value is -2.27. The van der Waals surface area contributed by atoms with Crippen molar-refractivity contribution < 1.29 is 9.18 Å². The summed E-state index contributed by atoms with van der Waals surface area (Å²) in [7, 11) is 0. The number of carbonyl (C=O) groups excluding carboxylic acids is 1. The van der Waals surface area contributed by atoms with Crippen LogP contribution in [0, 0.1) is 0 Å². The topological polar surface area (TPSA) is 36.4 Å². The van der Waals surface area contributed by atoms with Crippen LogP contribution in [0.4, 0.5) is 10.1 Å². The van der Waals surface area contributed by atoms with Gasteiger partial charge in [-0.2, -0.15) is 0 Å². The van der Waals surface area contributed by atoms with Crippen LogP contribution in [0.15, 0.2) is 42.6 Å². The molecule has 1 aromatic carbocycles. The Labute approximate surface area is 134 Å². The number of carbonyl (C=O) groups is 1. The van der Waals surface area contributed by atoms with Crippen molar-refractivity contribution >= 4 is 11.6 Å². The lowest BCUT2D eigenvalue weighted by Gasteiger charge is -2.35. The molecule has 4 rings (SSSR count). The third-order valence-electron chi connectivity index (χ3n) is 4.52. The first-order chi connectivity index (χ1) is 11.2. The van der Waals surface area contributed by atoms with Crippen molar-refractivity contribution in [3.63, 3.8) is 0 Å². The third kappa shape index (κ3) is 2.72. The average Bonchev–Trinajstić information content (AvgIpc) is 2.86. The monoisotopic (exact) mass is 311 g/mol. The van der Waals surface area contributed by atoms with E-state index in [1.54, 1.807) is 4.90 Å². The van der Waals surface area contributed by atoms with Crippen molar-refractivity contribution in [2.75, 3.05) is 31.1 Å². The molecule has 0 spiro atoms. The van der Waals surface area contributed by atoms with Crippen molar-refractivity contribution in [1.29, 1.82) is 0 Å². The normalized spacial score (nSPS) is 18.1. The standard InChI is InChI=1S/C18H18FN3O/c19-15-11-21(12-15)6-7-22-17-8-14(13-4-2-1-3-5-13)10-20-16(17)9-18(22)23/h1-5,8,10,15H,6-7,9,11-12H2. The Morgan fingerprint density at radius 3 is 2.65 bits per heavy atom. The summed E-state index contributed by atoms with van der Waals surface area (Å²) in [6.07, 6.45) is 1.48. The maximum absolute atomic E-state index is 12.9. The molecule has 1 fully saturated rings. The zero-order valence-electron chi connectivity index (χ0n) is 12.8. The van der Waals surface area contributed by atoms with Crippen molar-refractivity contribution in [3.05, 3.63) is 48.3 Å². The van der Waals surface area contributed by atoms with Gasteiger partial charge in [-0.1, -0.05) is 30.3 Å². The lowest BCUT2D eigenvalue weighted by molar-refractivity contribution is -0.117. The molecule has 2 aliphatic rings. The molecule has 4 nitrogen and oxygen atoms in total. The van der Waals surface area contributed by atoms with Crippen LogP contribution in [0.25, 0.3) is 11.1 Å².